The van der Waals surface area contributed by atoms with Crippen molar-refractivity contribution in [2.45, 2.75) is 31.9 Å². The number of hydrogen-bond acceptors (Lipinski definition) is 3. The first-order chi connectivity index (χ1) is 10.0. The van der Waals surface area contributed by atoms with Gasteiger partial charge in [-0.25, -0.2) is 0 Å². The molecule has 1 aromatic rings. The molecule has 2 rings (SSSR count). The molecule has 116 valence electrons. The van der Waals surface area contributed by atoms with Crippen molar-refractivity contribution in [3.8, 4) is 5.75 Å². The second-order valence-electron chi connectivity index (χ2n) is 5.22. The topological polar surface area (TPSA) is 41.6 Å². The van der Waals surface area contributed by atoms with E-state index in [-0.39, 0.29) is 5.91 Å². The highest BCUT2D eigenvalue weighted by Gasteiger charge is 2.26. The molecular weight excluding hydrogens is 311 g/mol. The van der Waals surface area contributed by atoms with Crippen LogP contribution >= 0.6 is 23.2 Å². The molecular formula is C15H20Cl2N2O2. The van der Waals surface area contributed by atoms with E-state index in [1.54, 1.807) is 25.1 Å². The predicted molar refractivity (Wildman–Crippen MR) is 85.2 cm³/mol. The Morgan fingerprint density at radius 1 is 1.33 bits per heavy atom. The summed E-state index contributed by atoms with van der Waals surface area (Å²) in [5, 5.41) is 4.14. The van der Waals surface area contributed by atoms with Gasteiger partial charge in [-0.15, -0.1) is 0 Å². The van der Waals surface area contributed by atoms with Gasteiger partial charge in [-0.3, -0.25) is 4.79 Å². The molecule has 0 spiro atoms. The van der Waals surface area contributed by atoms with E-state index in [4.69, 9.17) is 27.9 Å². The number of piperidine rings is 1. The minimum absolute atomic E-state index is 0.00984. The molecule has 0 aromatic heterocycles. The zero-order valence-corrected chi connectivity index (χ0v) is 13.7. The maximum atomic E-state index is 12.4. The van der Waals surface area contributed by atoms with Gasteiger partial charge in [-0.2, -0.15) is 0 Å². The van der Waals surface area contributed by atoms with Crippen molar-refractivity contribution in [3.63, 3.8) is 0 Å². The van der Waals surface area contributed by atoms with E-state index in [2.05, 4.69) is 5.32 Å². The van der Waals surface area contributed by atoms with Gasteiger partial charge in [0.05, 0.1) is 10.0 Å². The maximum Gasteiger partial charge on any atom is 0.263 e. The van der Waals surface area contributed by atoms with E-state index in [0.717, 1.165) is 25.9 Å². The number of benzene rings is 1. The molecule has 6 heteroatoms. The van der Waals surface area contributed by atoms with Gasteiger partial charge in [0.15, 0.2) is 6.10 Å². The van der Waals surface area contributed by atoms with Crippen LogP contribution in [-0.4, -0.2) is 43.1 Å². The quantitative estimate of drug-likeness (QED) is 0.922. The van der Waals surface area contributed by atoms with Crippen molar-refractivity contribution in [1.29, 1.82) is 0 Å². The maximum absolute atomic E-state index is 12.4. The molecule has 0 saturated carbocycles. The van der Waals surface area contributed by atoms with Crippen molar-refractivity contribution in [3.05, 3.63) is 28.2 Å². The third kappa shape index (κ3) is 4.25. The van der Waals surface area contributed by atoms with Crippen LogP contribution in [0.4, 0.5) is 0 Å². The highest BCUT2D eigenvalue weighted by molar-refractivity contribution is 6.42. The van der Waals surface area contributed by atoms with Crippen LogP contribution in [0.1, 0.15) is 19.8 Å². The number of carbonyl (C=O) groups excluding carboxylic acids is 1. The summed E-state index contributed by atoms with van der Waals surface area (Å²) in [5.41, 5.74) is 0. The highest BCUT2D eigenvalue weighted by Crippen LogP contribution is 2.27. The minimum atomic E-state index is -0.534. The van der Waals surface area contributed by atoms with Crippen molar-refractivity contribution in [2.75, 3.05) is 20.1 Å². The lowest BCUT2D eigenvalue weighted by molar-refractivity contribution is -0.139. The number of nitrogens with one attached hydrogen (secondary N) is 1. The van der Waals surface area contributed by atoms with Crippen molar-refractivity contribution < 1.29 is 9.53 Å². The molecule has 1 atom stereocenters. The number of hydrogen-bond donors (Lipinski definition) is 1. The van der Waals surface area contributed by atoms with Gasteiger partial charge in [-0.05, 0) is 38.9 Å². The van der Waals surface area contributed by atoms with E-state index >= 15 is 0 Å². The largest absolute Gasteiger partial charge is 0.481 e. The van der Waals surface area contributed by atoms with E-state index < -0.39 is 6.10 Å². The van der Waals surface area contributed by atoms with E-state index in [1.807, 2.05) is 11.9 Å². The Hall–Kier alpha value is -0.970. The highest BCUT2D eigenvalue weighted by atomic mass is 35.5. The number of amides is 1. The van der Waals surface area contributed by atoms with Crippen LogP contribution in [0, 0.1) is 0 Å². The fourth-order valence-electron chi connectivity index (χ4n) is 2.45. The molecule has 1 N–H and O–H groups in total. The van der Waals surface area contributed by atoms with Crippen LogP contribution in [0.5, 0.6) is 5.75 Å². The van der Waals surface area contributed by atoms with Gasteiger partial charge in [-0.1, -0.05) is 23.2 Å². The zero-order valence-electron chi connectivity index (χ0n) is 12.2. The number of nitrogens with zero attached hydrogens (tertiary/aromatic N) is 1. The molecule has 0 radical (unpaired) electrons. The Balaban J connectivity index is 1.92. The smallest absolute Gasteiger partial charge is 0.263 e. The van der Waals surface area contributed by atoms with Crippen molar-refractivity contribution >= 4 is 29.1 Å². The number of likely N-dealkylation sites (tertiary alicyclic amines) is 1. The molecule has 0 aliphatic carbocycles. The lowest BCUT2D eigenvalue weighted by Crippen LogP contribution is -2.48. The van der Waals surface area contributed by atoms with Crippen LogP contribution in [0.2, 0.25) is 10.0 Å². The first-order valence-corrected chi connectivity index (χ1v) is 7.84. The van der Waals surface area contributed by atoms with Crippen LogP contribution in [0.25, 0.3) is 0 Å². The third-order valence-electron chi connectivity index (χ3n) is 3.77. The Morgan fingerprint density at radius 2 is 2.00 bits per heavy atom. The monoisotopic (exact) mass is 330 g/mol. The lowest BCUT2D eigenvalue weighted by atomic mass is 10.0. The molecule has 1 fully saturated rings. The molecule has 1 amide bonds. The van der Waals surface area contributed by atoms with Crippen LogP contribution in [0.15, 0.2) is 18.2 Å². The summed E-state index contributed by atoms with van der Waals surface area (Å²) in [6.45, 7) is 3.29. The van der Waals surface area contributed by atoms with Gasteiger partial charge in [0.2, 0.25) is 0 Å². The number of halogens is 2. The summed E-state index contributed by atoms with van der Waals surface area (Å²) < 4.78 is 5.67. The van der Waals surface area contributed by atoms with Gasteiger partial charge < -0.3 is 15.0 Å². The zero-order chi connectivity index (χ0) is 15.4. The molecule has 1 aliphatic rings. The van der Waals surface area contributed by atoms with Crippen LogP contribution < -0.4 is 10.1 Å². The Kier molecular flexibility index (Phi) is 5.73. The first-order valence-electron chi connectivity index (χ1n) is 7.09. The SMILES string of the molecule is CNC1CCN(C(=O)C(C)Oc2ccc(Cl)c(Cl)c2)CC1. The number of carbonyl (C=O) groups is 1. The summed E-state index contributed by atoms with van der Waals surface area (Å²) in [6, 6.07) is 5.50. The lowest BCUT2D eigenvalue weighted by Gasteiger charge is -2.33. The average molecular weight is 331 g/mol. The average Bonchev–Trinajstić information content (AvgIpc) is 2.50. The van der Waals surface area contributed by atoms with Crippen LogP contribution in [-0.2, 0) is 4.79 Å². The summed E-state index contributed by atoms with van der Waals surface area (Å²) in [5.74, 6) is 0.561. The minimum Gasteiger partial charge on any atom is -0.481 e. The molecule has 4 nitrogen and oxygen atoms in total. The van der Waals surface area contributed by atoms with Gasteiger partial charge in [0.1, 0.15) is 5.75 Å². The Morgan fingerprint density at radius 3 is 2.57 bits per heavy atom. The summed E-state index contributed by atoms with van der Waals surface area (Å²) >= 11 is 11.8. The van der Waals surface area contributed by atoms with E-state index in [9.17, 15) is 4.79 Å². The normalized spacial score (nSPS) is 17.6. The van der Waals surface area contributed by atoms with Gasteiger partial charge in [0, 0.05) is 25.2 Å². The summed E-state index contributed by atoms with van der Waals surface area (Å²) in [4.78, 5) is 14.2. The first kappa shape index (κ1) is 16.4. The van der Waals surface area contributed by atoms with Crippen LogP contribution in [0.3, 0.4) is 0 Å². The molecule has 1 heterocycles. The summed E-state index contributed by atoms with van der Waals surface area (Å²) in [7, 11) is 1.96. The van der Waals surface area contributed by atoms with E-state index in [1.165, 1.54) is 0 Å². The standard InChI is InChI=1S/C15H20Cl2N2O2/c1-10(21-12-3-4-13(16)14(17)9-12)15(20)19-7-5-11(18-2)6-8-19/h3-4,9-11,18H,5-8H2,1-2H3. The van der Waals surface area contributed by atoms with Crippen molar-refractivity contribution in [2.24, 2.45) is 0 Å². The molecule has 1 unspecified atom stereocenters. The van der Waals surface area contributed by atoms with E-state index in [0.29, 0.717) is 21.8 Å². The predicted octanol–water partition coefficient (Wildman–Crippen LogP) is 2.97. The fourth-order valence-corrected chi connectivity index (χ4v) is 2.74. The number of ether oxygens (including phenoxy) is 1. The van der Waals surface area contributed by atoms with Crippen molar-refractivity contribution in [1.82, 2.24) is 10.2 Å². The Labute approximate surface area is 135 Å². The molecule has 0 bridgehead atoms. The molecule has 1 saturated heterocycles. The van der Waals surface area contributed by atoms with Gasteiger partial charge in [0.25, 0.3) is 5.91 Å². The Bertz CT molecular complexity index is 502. The third-order valence-corrected chi connectivity index (χ3v) is 4.51. The second-order valence-corrected chi connectivity index (χ2v) is 6.04. The second kappa shape index (κ2) is 7.34. The summed E-state index contributed by atoms with van der Waals surface area (Å²) in [6.07, 6.45) is 1.41. The number of rotatable bonds is 4. The fraction of sp³-hybridized carbons (Fsp3) is 0.533. The van der Waals surface area contributed by atoms with Gasteiger partial charge >= 0.3 is 0 Å². The molecule has 1 aromatic carbocycles. The molecule has 21 heavy (non-hydrogen) atoms. The molecule has 1 aliphatic heterocycles.